The van der Waals surface area contributed by atoms with Gasteiger partial charge in [-0.25, -0.2) is 0 Å². The van der Waals surface area contributed by atoms with Crippen LogP contribution in [0.5, 0.6) is 0 Å². The fraction of sp³-hybridized carbons (Fsp3) is 0.200. The van der Waals surface area contributed by atoms with E-state index in [4.69, 9.17) is 0 Å². The van der Waals surface area contributed by atoms with Crippen molar-refractivity contribution in [1.82, 2.24) is 9.78 Å². The van der Waals surface area contributed by atoms with E-state index in [2.05, 4.69) is 23.3 Å². The molecule has 126 valence electrons. The van der Waals surface area contributed by atoms with E-state index in [0.29, 0.717) is 6.54 Å². The Kier molecular flexibility index (Phi) is 3.81. The van der Waals surface area contributed by atoms with Crippen molar-refractivity contribution >= 4 is 43.9 Å². The first-order chi connectivity index (χ1) is 12.1. The molecule has 2 aromatic heterocycles. The second kappa shape index (κ2) is 6.01. The molecule has 25 heavy (non-hydrogen) atoms. The van der Waals surface area contributed by atoms with Gasteiger partial charge in [-0.2, -0.15) is 5.10 Å². The van der Waals surface area contributed by atoms with Gasteiger partial charge in [0.15, 0.2) is 0 Å². The van der Waals surface area contributed by atoms with Gasteiger partial charge in [0.25, 0.3) is 5.91 Å². The highest BCUT2D eigenvalue weighted by atomic mass is 32.1. The van der Waals surface area contributed by atoms with Crippen LogP contribution in [-0.2, 0) is 7.05 Å². The Hall–Kier alpha value is -2.66. The van der Waals surface area contributed by atoms with Crippen LogP contribution in [0.2, 0.25) is 0 Å². The minimum Gasteiger partial charge on any atom is -0.307 e. The van der Waals surface area contributed by atoms with Crippen molar-refractivity contribution in [2.75, 3.05) is 11.4 Å². The summed E-state index contributed by atoms with van der Waals surface area (Å²) in [5.74, 6) is 0.0412. The molecule has 0 fully saturated rings. The van der Waals surface area contributed by atoms with Crippen molar-refractivity contribution in [2.24, 2.45) is 7.05 Å². The molecule has 0 unspecified atom stereocenters. The lowest BCUT2D eigenvalue weighted by Crippen LogP contribution is -2.30. The lowest BCUT2D eigenvalue weighted by atomic mass is 10.1. The quantitative estimate of drug-likeness (QED) is 0.535. The third-order valence-corrected chi connectivity index (χ3v) is 5.72. The number of aryl methyl sites for hydroxylation is 2. The number of hydrogen-bond donors (Lipinski definition) is 0. The predicted octanol–water partition coefficient (Wildman–Crippen LogP) is 4.76. The second-order valence-corrected chi connectivity index (χ2v) is 7.12. The summed E-state index contributed by atoms with van der Waals surface area (Å²) in [6.45, 7) is 4.61. The fourth-order valence-corrected chi connectivity index (χ4v) is 4.38. The maximum absolute atomic E-state index is 13.2. The van der Waals surface area contributed by atoms with Crippen molar-refractivity contribution in [1.29, 1.82) is 0 Å². The molecule has 2 heterocycles. The second-order valence-electron chi connectivity index (χ2n) is 6.09. The van der Waals surface area contributed by atoms with Crippen LogP contribution in [-0.4, -0.2) is 22.2 Å². The number of carbonyl (C=O) groups excluding carboxylic acids is 1. The Morgan fingerprint density at radius 3 is 2.68 bits per heavy atom. The third-order valence-electron chi connectivity index (χ3n) is 4.53. The highest BCUT2D eigenvalue weighted by molar-refractivity contribution is 7.20. The van der Waals surface area contributed by atoms with E-state index in [9.17, 15) is 4.79 Å². The molecule has 0 aliphatic carbocycles. The summed E-state index contributed by atoms with van der Waals surface area (Å²) in [5, 5.41) is 7.71. The van der Waals surface area contributed by atoms with Crippen molar-refractivity contribution in [2.45, 2.75) is 13.8 Å². The molecule has 0 bridgehead atoms. The fourth-order valence-electron chi connectivity index (χ4n) is 3.31. The van der Waals surface area contributed by atoms with E-state index in [-0.39, 0.29) is 5.91 Å². The molecule has 0 atom stereocenters. The standard InChI is InChI=1S/C20H19N3OS/c1-4-23(17-11-7-9-14-8-5-6-10-15(14)17)19(24)18-12-16-13(2)21-22(3)20(16)25-18/h5-12H,4H2,1-3H3. The summed E-state index contributed by atoms with van der Waals surface area (Å²) in [4.78, 5) is 16.9. The first-order valence-electron chi connectivity index (χ1n) is 8.33. The molecule has 4 nitrogen and oxygen atoms in total. The van der Waals surface area contributed by atoms with Gasteiger partial charge < -0.3 is 4.90 Å². The number of carbonyl (C=O) groups is 1. The summed E-state index contributed by atoms with van der Waals surface area (Å²) in [7, 11) is 1.92. The monoisotopic (exact) mass is 349 g/mol. The molecule has 0 saturated carbocycles. The number of anilines is 1. The highest BCUT2D eigenvalue weighted by Gasteiger charge is 2.21. The van der Waals surface area contributed by atoms with Gasteiger partial charge in [0.05, 0.1) is 16.3 Å². The summed E-state index contributed by atoms with van der Waals surface area (Å²) in [6, 6.07) is 16.2. The topological polar surface area (TPSA) is 38.1 Å². The molecule has 0 spiro atoms. The average Bonchev–Trinajstić information content (AvgIpc) is 3.17. The Morgan fingerprint density at radius 2 is 1.92 bits per heavy atom. The van der Waals surface area contributed by atoms with Crippen molar-refractivity contribution in [3.63, 3.8) is 0 Å². The van der Waals surface area contributed by atoms with Gasteiger partial charge in [0, 0.05) is 24.4 Å². The molecule has 4 rings (SSSR count). The third kappa shape index (κ3) is 2.51. The molecule has 5 heteroatoms. The predicted molar refractivity (Wildman–Crippen MR) is 105 cm³/mol. The van der Waals surface area contributed by atoms with E-state index >= 15 is 0 Å². The smallest absolute Gasteiger partial charge is 0.268 e. The Labute approximate surface area is 150 Å². The Morgan fingerprint density at radius 1 is 1.16 bits per heavy atom. The van der Waals surface area contributed by atoms with Gasteiger partial charge in [-0.05, 0) is 31.4 Å². The summed E-state index contributed by atoms with van der Waals surface area (Å²) in [6.07, 6.45) is 0. The van der Waals surface area contributed by atoms with E-state index in [1.165, 1.54) is 11.3 Å². The minimum absolute atomic E-state index is 0.0412. The van der Waals surface area contributed by atoms with Gasteiger partial charge >= 0.3 is 0 Å². The molecule has 1 amide bonds. The molecular weight excluding hydrogens is 330 g/mol. The van der Waals surface area contributed by atoms with E-state index in [1.54, 1.807) is 0 Å². The molecule has 0 aliphatic rings. The maximum atomic E-state index is 13.2. The number of thiophene rings is 1. The first kappa shape index (κ1) is 15.8. The number of nitrogens with zero attached hydrogens (tertiary/aromatic N) is 3. The lowest BCUT2D eigenvalue weighted by Gasteiger charge is -2.22. The SMILES string of the molecule is CCN(C(=O)c1cc2c(C)nn(C)c2s1)c1cccc2ccccc12. The van der Waals surface area contributed by atoms with Crippen LogP contribution >= 0.6 is 11.3 Å². The molecule has 0 saturated heterocycles. The number of rotatable bonds is 3. The van der Waals surface area contributed by atoms with E-state index in [1.807, 2.05) is 60.8 Å². The molecule has 0 radical (unpaired) electrons. The number of amides is 1. The number of aromatic nitrogens is 2. The number of fused-ring (bicyclic) bond motifs is 2. The Balaban J connectivity index is 1.81. The van der Waals surface area contributed by atoms with Crippen LogP contribution in [0.1, 0.15) is 22.3 Å². The summed E-state index contributed by atoms with van der Waals surface area (Å²) >= 11 is 1.51. The van der Waals surface area contributed by atoms with E-state index < -0.39 is 0 Å². The van der Waals surface area contributed by atoms with Gasteiger partial charge in [-0.3, -0.25) is 9.48 Å². The van der Waals surface area contributed by atoms with Crippen LogP contribution in [0.25, 0.3) is 21.0 Å². The summed E-state index contributed by atoms with van der Waals surface area (Å²) in [5.41, 5.74) is 1.92. The number of benzene rings is 2. The molecule has 2 aromatic carbocycles. The largest absolute Gasteiger partial charge is 0.307 e. The van der Waals surface area contributed by atoms with Crippen LogP contribution in [0, 0.1) is 6.92 Å². The van der Waals surface area contributed by atoms with Gasteiger partial charge in [-0.1, -0.05) is 36.4 Å². The molecule has 4 aromatic rings. The van der Waals surface area contributed by atoms with Crippen LogP contribution in [0.3, 0.4) is 0 Å². The average molecular weight is 349 g/mol. The van der Waals surface area contributed by atoms with Gasteiger partial charge in [0.1, 0.15) is 4.83 Å². The van der Waals surface area contributed by atoms with Crippen LogP contribution in [0.4, 0.5) is 5.69 Å². The molecular formula is C20H19N3OS. The summed E-state index contributed by atoms with van der Waals surface area (Å²) < 4.78 is 1.85. The zero-order valence-corrected chi connectivity index (χ0v) is 15.3. The number of hydrogen-bond acceptors (Lipinski definition) is 3. The van der Waals surface area contributed by atoms with Crippen molar-refractivity contribution < 1.29 is 4.79 Å². The van der Waals surface area contributed by atoms with Crippen molar-refractivity contribution in [3.05, 3.63) is 59.1 Å². The van der Waals surface area contributed by atoms with Gasteiger partial charge in [0.2, 0.25) is 0 Å². The van der Waals surface area contributed by atoms with Crippen LogP contribution in [0.15, 0.2) is 48.5 Å². The minimum atomic E-state index is 0.0412. The van der Waals surface area contributed by atoms with Gasteiger partial charge in [-0.15, -0.1) is 11.3 Å². The zero-order chi connectivity index (χ0) is 17.6. The van der Waals surface area contributed by atoms with Crippen LogP contribution < -0.4 is 4.90 Å². The normalized spacial score (nSPS) is 11.3. The Bertz CT molecular complexity index is 1050. The zero-order valence-electron chi connectivity index (χ0n) is 14.5. The van der Waals surface area contributed by atoms with E-state index in [0.717, 1.165) is 37.2 Å². The highest BCUT2D eigenvalue weighted by Crippen LogP contribution is 2.32. The maximum Gasteiger partial charge on any atom is 0.268 e. The first-order valence-corrected chi connectivity index (χ1v) is 9.14. The molecule has 0 N–H and O–H groups in total. The molecule has 0 aliphatic heterocycles. The van der Waals surface area contributed by atoms with Crippen molar-refractivity contribution in [3.8, 4) is 0 Å². The lowest BCUT2D eigenvalue weighted by molar-refractivity contribution is 0.0992.